The smallest absolute Gasteiger partial charge is 0.224 e. The van der Waals surface area contributed by atoms with E-state index in [2.05, 4.69) is 20.8 Å². The topological polar surface area (TPSA) is 91.2 Å². The molecule has 0 bridgehead atoms. The summed E-state index contributed by atoms with van der Waals surface area (Å²) in [4.78, 5) is 12.3. The van der Waals surface area contributed by atoms with Crippen LogP contribution in [0, 0.1) is 0 Å². The van der Waals surface area contributed by atoms with E-state index in [1.807, 2.05) is 6.07 Å². The van der Waals surface area contributed by atoms with E-state index >= 15 is 0 Å². The summed E-state index contributed by atoms with van der Waals surface area (Å²) in [6.07, 6.45) is 0.197. The van der Waals surface area contributed by atoms with Gasteiger partial charge in [-0.15, -0.1) is 5.10 Å². The summed E-state index contributed by atoms with van der Waals surface area (Å²) in [5.41, 5.74) is 1.57. The maximum absolute atomic E-state index is 12.3. The molecule has 27 heavy (non-hydrogen) atoms. The first-order valence-electron chi connectivity index (χ1n) is 8.11. The number of nitrogens with zero attached hydrogens (tertiary/aromatic N) is 4. The first kappa shape index (κ1) is 18.7. The van der Waals surface area contributed by atoms with Gasteiger partial charge in [0.25, 0.3) is 0 Å². The zero-order chi connectivity index (χ0) is 19.2. The van der Waals surface area contributed by atoms with Crippen molar-refractivity contribution in [2.24, 2.45) is 0 Å². The Labute approximate surface area is 161 Å². The molecule has 0 aliphatic heterocycles. The molecule has 3 rings (SSSR count). The number of benzene rings is 2. The zero-order valence-corrected chi connectivity index (χ0v) is 15.6. The van der Waals surface area contributed by atoms with Gasteiger partial charge >= 0.3 is 0 Å². The van der Waals surface area contributed by atoms with E-state index in [9.17, 15) is 4.79 Å². The van der Waals surface area contributed by atoms with Gasteiger partial charge in [-0.05, 0) is 52.4 Å². The second kappa shape index (κ2) is 8.50. The third-order valence-corrected chi connectivity index (χ3v) is 4.11. The highest BCUT2D eigenvalue weighted by Gasteiger charge is 2.12. The standard InChI is InChI=1S/C18H18ClN5O3/c1-26-15-8-3-12(9-16(15)27-2)10-18(25)20-11-17-21-22-23-24(17)14-6-4-13(19)5-7-14/h3-9H,10-11H2,1-2H3,(H,20,25). The Hall–Kier alpha value is -3.13. The number of tetrazole rings is 1. The highest BCUT2D eigenvalue weighted by atomic mass is 35.5. The number of methoxy groups -OCH3 is 2. The molecule has 0 aliphatic carbocycles. The van der Waals surface area contributed by atoms with Gasteiger partial charge in [-0.2, -0.15) is 4.68 Å². The maximum Gasteiger partial charge on any atom is 0.224 e. The van der Waals surface area contributed by atoms with Crippen LogP contribution in [0.4, 0.5) is 0 Å². The Morgan fingerprint density at radius 2 is 1.85 bits per heavy atom. The molecule has 8 nitrogen and oxygen atoms in total. The van der Waals surface area contributed by atoms with Gasteiger partial charge in [0.1, 0.15) is 0 Å². The Morgan fingerprint density at radius 3 is 2.56 bits per heavy atom. The van der Waals surface area contributed by atoms with Crippen LogP contribution in [0.3, 0.4) is 0 Å². The number of halogens is 1. The summed E-state index contributed by atoms with van der Waals surface area (Å²) in [6, 6.07) is 12.5. The van der Waals surface area contributed by atoms with Crippen LogP contribution in [0.2, 0.25) is 5.02 Å². The van der Waals surface area contributed by atoms with Crippen LogP contribution in [0.15, 0.2) is 42.5 Å². The molecule has 0 unspecified atom stereocenters. The number of ether oxygens (including phenoxy) is 2. The van der Waals surface area contributed by atoms with Crippen LogP contribution in [0.5, 0.6) is 11.5 Å². The Balaban J connectivity index is 1.63. The average molecular weight is 388 g/mol. The molecule has 3 aromatic rings. The second-order valence-electron chi connectivity index (χ2n) is 5.63. The minimum absolute atomic E-state index is 0.159. The van der Waals surface area contributed by atoms with Crippen LogP contribution in [-0.2, 0) is 17.8 Å². The zero-order valence-electron chi connectivity index (χ0n) is 14.8. The maximum atomic E-state index is 12.3. The predicted octanol–water partition coefficient (Wildman–Crippen LogP) is 2.19. The molecule has 0 aliphatic rings. The van der Waals surface area contributed by atoms with Crippen molar-refractivity contribution in [1.29, 1.82) is 0 Å². The molecule has 1 amide bonds. The van der Waals surface area contributed by atoms with Gasteiger partial charge in [0, 0.05) is 5.02 Å². The molecule has 0 atom stereocenters. The molecule has 1 aromatic heterocycles. The number of hydrogen-bond donors (Lipinski definition) is 1. The van der Waals surface area contributed by atoms with Crippen molar-refractivity contribution in [1.82, 2.24) is 25.5 Å². The lowest BCUT2D eigenvalue weighted by atomic mass is 10.1. The largest absolute Gasteiger partial charge is 0.493 e. The number of amides is 1. The highest BCUT2D eigenvalue weighted by molar-refractivity contribution is 6.30. The van der Waals surface area contributed by atoms with Gasteiger partial charge in [-0.1, -0.05) is 17.7 Å². The molecule has 9 heteroatoms. The molecule has 0 spiro atoms. The quantitative estimate of drug-likeness (QED) is 0.668. The second-order valence-corrected chi connectivity index (χ2v) is 6.06. The van der Waals surface area contributed by atoms with E-state index in [4.69, 9.17) is 21.1 Å². The van der Waals surface area contributed by atoms with Crippen LogP contribution in [0.25, 0.3) is 5.69 Å². The van der Waals surface area contributed by atoms with E-state index in [0.717, 1.165) is 11.3 Å². The van der Waals surface area contributed by atoms with Crippen molar-refractivity contribution < 1.29 is 14.3 Å². The van der Waals surface area contributed by atoms with Gasteiger partial charge in [-0.3, -0.25) is 4.79 Å². The van der Waals surface area contributed by atoms with E-state index in [0.29, 0.717) is 22.3 Å². The van der Waals surface area contributed by atoms with Crippen molar-refractivity contribution >= 4 is 17.5 Å². The highest BCUT2D eigenvalue weighted by Crippen LogP contribution is 2.27. The van der Waals surface area contributed by atoms with Crippen LogP contribution in [0.1, 0.15) is 11.4 Å². The molecular formula is C18H18ClN5O3. The monoisotopic (exact) mass is 387 g/mol. The van der Waals surface area contributed by atoms with Crippen molar-refractivity contribution in [3.63, 3.8) is 0 Å². The van der Waals surface area contributed by atoms with E-state index in [1.54, 1.807) is 55.3 Å². The normalized spacial score (nSPS) is 10.5. The number of carbonyl (C=O) groups is 1. The molecule has 140 valence electrons. The summed E-state index contributed by atoms with van der Waals surface area (Å²) < 4.78 is 12.0. The lowest BCUT2D eigenvalue weighted by Crippen LogP contribution is -2.26. The Morgan fingerprint density at radius 1 is 1.11 bits per heavy atom. The van der Waals surface area contributed by atoms with Crippen molar-refractivity contribution in [3.05, 3.63) is 58.9 Å². The predicted molar refractivity (Wildman–Crippen MR) is 99.3 cm³/mol. The third kappa shape index (κ3) is 4.53. The molecule has 0 saturated carbocycles. The Bertz CT molecular complexity index is 927. The van der Waals surface area contributed by atoms with Gasteiger partial charge in [0.15, 0.2) is 17.3 Å². The van der Waals surface area contributed by atoms with Crippen LogP contribution < -0.4 is 14.8 Å². The molecule has 1 heterocycles. The molecule has 0 fully saturated rings. The minimum Gasteiger partial charge on any atom is -0.493 e. The van der Waals surface area contributed by atoms with Crippen molar-refractivity contribution in [2.45, 2.75) is 13.0 Å². The molecule has 1 N–H and O–H groups in total. The number of carbonyl (C=O) groups excluding carboxylic acids is 1. The van der Waals surface area contributed by atoms with Crippen molar-refractivity contribution in [2.75, 3.05) is 14.2 Å². The number of nitrogens with one attached hydrogen (secondary N) is 1. The first-order chi connectivity index (χ1) is 13.1. The van der Waals surface area contributed by atoms with Crippen molar-refractivity contribution in [3.8, 4) is 17.2 Å². The van der Waals surface area contributed by atoms with Gasteiger partial charge in [0.05, 0.1) is 32.9 Å². The lowest BCUT2D eigenvalue weighted by molar-refractivity contribution is -0.120. The van der Waals surface area contributed by atoms with Gasteiger partial charge < -0.3 is 14.8 Å². The molecular weight excluding hydrogens is 370 g/mol. The number of rotatable bonds is 7. The summed E-state index contributed by atoms with van der Waals surface area (Å²) in [5.74, 6) is 1.55. The average Bonchev–Trinajstić information content (AvgIpc) is 3.15. The number of aromatic nitrogens is 4. The molecule has 0 saturated heterocycles. The molecule has 0 radical (unpaired) electrons. The van der Waals surface area contributed by atoms with Gasteiger partial charge in [-0.25, -0.2) is 0 Å². The van der Waals surface area contributed by atoms with E-state index in [-0.39, 0.29) is 18.9 Å². The summed E-state index contributed by atoms with van der Waals surface area (Å²) in [7, 11) is 3.12. The van der Waals surface area contributed by atoms with Gasteiger partial charge in [0.2, 0.25) is 5.91 Å². The fraction of sp³-hybridized carbons (Fsp3) is 0.222. The van der Waals surface area contributed by atoms with Crippen LogP contribution >= 0.6 is 11.6 Å². The third-order valence-electron chi connectivity index (χ3n) is 3.86. The van der Waals surface area contributed by atoms with E-state index in [1.165, 1.54) is 0 Å². The number of hydrogen-bond acceptors (Lipinski definition) is 6. The Kier molecular flexibility index (Phi) is 5.87. The molecule has 2 aromatic carbocycles. The summed E-state index contributed by atoms with van der Waals surface area (Å²) in [5, 5.41) is 15.0. The minimum atomic E-state index is -0.159. The SMILES string of the molecule is COc1ccc(CC(=O)NCc2nnnn2-c2ccc(Cl)cc2)cc1OC. The van der Waals surface area contributed by atoms with Crippen LogP contribution in [-0.4, -0.2) is 40.3 Å². The summed E-state index contributed by atoms with van der Waals surface area (Å²) >= 11 is 5.90. The summed E-state index contributed by atoms with van der Waals surface area (Å²) in [6.45, 7) is 0.196. The van der Waals surface area contributed by atoms with E-state index < -0.39 is 0 Å². The lowest BCUT2D eigenvalue weighted by Gasteiger charge is -2.10. The first-order valence-corrected chi connectivity index (χ1v) is 8.49. The fourth-order valence-corrected chi connectivity index (χ4v) is 2.64. The fourth-order valence-electron chi connectivity index (χ4n) is 2.51.